The van der Waals surface area contributed by atoms with Gasteiger partial charge in [0.2, 0.25) is 0 Å². The maximum Gasteiger partial charge on any atom is 0.0579 e. The third-order valence-electron chi connectivity index (χ3n) is 4.63. The lowest BCUT2D eigenvalue weighted by Gasteiger charge is -2.23. The van der Waals surface area contributed by atoms with E-state index in [0.29, 0.717) is 12.2 Å². The normalized spacial score (nSPS) is 13.6. The Morgan fingerprint density at radius 1 is 0.680 bits per heavy atom. The molecule has 2 rings (SSSR count). The fourth-order valence-corrected chi connectivity index (χ4v) is 3.50. The molecule has 0 aliphatic rings. The van der Waals surface area contributed by atoms with Crippen molar-refractivity contribution >= 4 is 31.9 Å². The largest absolute Gasteiger partial charge is 0.375 e. The summed E-state index contributed by atoms with van der Waals surface area (Å²) in [6.07, 6.45) is 7.18. The molecule has 0 heterocycles. The molecule has 0 fully saturated rings. The van der Waals surface area contributed by atoms with Crippen molar-refractivity contribution in [1.29, 1.82) is 0 Å². The molecule has 0 amide bonds. The van der Waals surface area contributed by atoms with Crippen LogP contribution in [0.15, 0.2) is 57.5 Å². The van der Waals surface area contributed by atoms with E-state index in [0.717, 1.165) is 47.5 Å². The van der Waals surface area contributed by atoms with E-state index in [1.165, 1.54) is 11.1 Å². The minimum Gasteiger partial charge on any atom is -0.375 e. The third-order valence-corrected chi connectivity index (χ3v) is 5.69. The molecule has 0 N–H and O–H groups in total. The topological polar surface area (TPSA) is 9.23 Å². The van der Waals surface area contributed by atoms with Crippen LogP contribution in [-0.2, 0) is 17.6 Å². The Morgan fingerprint density at radius 3 is 1.36 bits per heavy atom. The lowest BCUT2D eigenvalue weighted by Crippen LogP contribution is -2.22. The zero-order valence-electron chi connectivity index (χ0n) is 15.2. The highest BCUT2D eigenvalue weighted by molar-refractivity contribution is 9.10. The Balaban J connectivity index is 1.80. The summed E-state index contributed by atoms with van der Waals surface area (Å²) < 4.78 is 8.70. The second-order valence-corrected chi connectivity index (χ2v) is 8.36. The van der Waals surface area contributed by atoms with Gasteiger partial charge < -0.3 is 4.74 Å². The summed E-state index contributed by atoms with van der Waals surface area (Å²) in [7, 11) is 0. The van der Waals surface area contributed by atoms with E-state index in [-0.39, 0.29) is 0 Å². The Bertz CT molecular complexity index is 551. The first-order valence-electron chi connectivity index (χ1n) is 9.25. The second kappa shape index (κ2) is 11.2. The molecule has 0 aliphatic heterocycles. The van der Waals surface area contributed by atoms with Crippen LogP contribution in [0.5, 0.6) is 0 Å². The van der Waals surface area contributed by atoms with Crippen LogP contribution in [0.2, 0.25) is 0 Å². The lowest BCUT2D eigenvalue weighted by molar-refractivity contribution is -0.0232. The van der Waals surface area contributed by atoms with Gasteiger partial charge in [-0.15, -0.1) is 0 Å². The van der Waals surface area contributed by atoms with Crippen LogP contribution in [0.3, 0.4) is 0 Å². The zero-order chi connectivity index (χ0) is 18.1. The number of rotatable bonds is 10. The monoisotopic (exact) mass is 466 g/mol. The second-order valence-electron chi connectivity index (χ2n) is 6.53. The van der Waals surface area contributed by atoms with Gasteiger partial charge >= 0.3 is 0 Å². The molecule has 2 unspecified atom stereocenters. The van der Waals surface area contributed by atoms with Crippen molar-refractivity contribution < 1.29 is 4.74 Å². The molecular formula is C22H28Br2O. The van der Waals surface area contributed by atoms with Gasteiger partial charge in [0.15, 0.2) is 0 Å². The Morgan fingerprint density at radius 2 is 1.04 bits per heavy atom. The Kier molecular flexibility index (Phi) is 9.22. The molecule has 2 atom stereocenters. The average Bonchev–Trinajstić information content (AvgIpc) is 2.64. The molecule has 0 bridgehead atoms. The van der Waals surface area contributed by atoms with Crippen LogP contribution in [0.1, 0.15) is 50.7 Å². The molecule has 0 aliphatic carbocycles. The van der Waals surface area contributed by atoms with E-state index in [9.17, 15) is 0 Å². The van der Waals surface area contributed by atoms with E-state index < -0.39 is 0 Å². The number of halogens is 2. The van der Waals surface area contributed by atoms with Gasteiger partial charge in [0.25, 0.3) is 0 Å². The molecular weight excluding hydrogens is 440 g/mol. The fourth-order valence-electron chi connectivity index (χ4n) is 2.97. The summed E-state index contributed by atoms with van der Waals surface area (Å²) in [6, 6.07) is 17.2. The van der Waals surface area contributed by atoms with Crippen molar-refractivity contribution in [2.24, 2.45) is 0 Å². The summed E-state index contributed by atoms with van der Waals surface area (Å²) in [4.78, 5) is 0. The SMILES string of the molecule is CCC(CCc1ccc(Br)cc1)OC(CC)CCc1ccc(Br)cc1. The highest BCUT2D eigenvalue weighted by Crippen LogP contribution is 2.19. The molecule has 2 aromatic carbocycles. The molecule has 1 nitrogen and oxygen atoms in total. The minimum absolute atomic E-state index is 0.346. The van der Waals surface area contributed by atoms with Gasteiger partial charge in [-0.25, -0.2) is 0 Å². The summed E-state index contributed by atoms with van der Waals surface area (Å²) in [5.74, 6) is 0. The highest BCUT2D eigenvalue weighted by Gasteiger charge is 2.14. The maximum absolute atomic E-state index is 6.42. The van der Waals surface area contributed by atoms with Crippen molar-refractivity contribution in [1.82, 2.24) is 0 Å². The van der Waals surface area contributed by atoms with E-state index in [4.69, 9.17) is 4.74 Å². The lowest BCUT2D eigenvalue weighted by atomic mass is 10.0. The van der Waals surface area contributed by atoms with Crippen molar-refractivity contribution in [3.05, 3.63) is 68.6 Å². The van der Waals surface area contributed by atoms with E-state index in [2.05, 4.69) is 94.2 Å². The fraction of sp³-hybridized carbons (Fsp3) is 0.455. The molecule has 3 heteroatoms. The van der Waals surface area contributed by atoms with Gasteiger partial charge in [0.05, 0.1) is 12.2 Å². The van der Waals surface area contributed by atoms with Crippen LogP contribution in [0.4, 0.5) is 0 Å². The molecule has 0 radical (unpaired) electrons. The summed E-state index contributed by atoms with van der Waals surface area (Å²) in [5, 5.41) is 0. The Labute approximate surface area is 169 Å². The standard InChI is InChI=1S/C22H28Br2O/c1-3-21(15-9-17-5-11-19(23)12-6-17)25-22(4-2)16-10-18-7-13-20(24)14-8-18/h5-8,11-14,21-22H,3-4,9-10,15-16H2,1-2H3. The molecule has 136 valence electrons. The number of benzene rings is 2. The van der Waals surface area contributed by atoms with Gasteiger partial charge in [-0.2, -0.15) is 0 Å². The quantitative estimate of drug-likeness (QED) is 0.354. The molecule has 0 spiro atoms. The number of hydrogen-bond donors (Lipinski definition) is 0. The predicted molar refractivity (Wildman–Crippen MR) is 114 cm³/mol. The first kappa shape index (κ1) is 20.7. The first-order valence-corrected chi connectivity index (χ1v) is 10.8. The van der Waals surface area contributed by atoms with Crippen LogP contribution < -0.4 is 0 Å². The van der Waals surface area contributed by atoms with E-state index >= 15 is 0 Å². The van der Waals surface area contributed by atoms with E-state index in [1.54, 1.807) is 0 Å². The van der Waals surface area contributed by atoms with Gasteiger partial charge in [-0.1, -0.05) is 70.0 Å². The van der Waals surface area contributed by atoms with Crippen LogP contribution in [0.25, 0.3) is 0 Å². The van der Waals surface area contributed by atoms with Crippen LogP contribution in [0, 0.1) is 0 Å². The smallest absolute Gasteiger partial charge is 0.0579 e. The van der Waals surface area contributed by atoms with Crippen molar-refractivity contribution in [3.63, 3.8) is 0 Å². The number of hydrogen-bond acceptors (Lipinski definition) is 1. The Hall–Kier alpha value is -0.640. The zero-order valence-corrected chi connectivity index (χ0v) is 18.4. The van der Waals surface area contributed by atoms with E-state index in [1.807, 2.05) is 0 Å². The molecule has 2 aromatic rings. The summed E-state index contributed by atoms with van der Waals surface area (Å²) in [6.45, 7) is 4.46. The average molecular weight is 468 g/mol. The third kappa shape index (κ3) is 7.64. The molecule has 0 saturated carbocycles. The van der Waals surface area contributed by atoms with Crippen LogP contribution >= 0.6 is 31.9 Å². The van der Waals surface area contributed by atoms with Gasteiger partial charge in [0.1, 0.15) is 0 Å². The molecule has 0 saturated heterocycles. The van der Waals surface area contributed by atoms with Crippen molar-refractivity contribution in [3.8, 4) is 0 Å². The van der Waals surface area contributed by atoms with Crippen molar-refractivity contribution in [2.75, 3.05) is 0 Å². The maximum atomic E-state index is 6.42. The van der Waals surface area contributed by atoms with Crippen molar-refractivity contribution in [2.45, 2.75) is 64.6 Å². The highest BCUT2D eigenvalue weighted by atomic mass is 79.9. The molecule has 0 aromatic heterocycles. The summed E-state index contributed by atoms with van der Waals surface area (Å²) >= 11 is 6.99. The predicted octanol–water partition coefficient (Wildman–Crippen LogP) is 7.35. The number of aryl methyl sites for hydroxylation is 2. The minimum atomic E-state index is 0.346. The number of ether oxygens (including phenoxy) is 1. The molecule has 25 heavy (non-hydrogen) atoms. The first-order chi connectivity index (χ1) is 12.1. The van der Waals surface area contributed by atoms with Gasteiger partial charge in [0, 0.05) is 8.95 Å². The van der Waals surface area contributed by atoms with Gasteiger partial charge in [-0.3, -0.25) is 0 Å². The van der Waals surface area contributed by atoms with Crippen LogP contribution in [-0.4, -0.2) is 12.2 Å². The summed E-state index contributed by atoms with van der Waals surface area (Å²) in [5.41, 5.74) is 2.77. The van der Waals surface area contributed by atoms with Gasteiger partial charge in [-0.05, 0) is 73.9 Å².